The number of nitriles is 1. The summed E-state index contributed by atoms with van der Waals surface area (Å²) < 4.78 is 19.2. The number of carbonyl (C=O) groups excluding carboxylic acids is 2. The van der Waals surface area contributed by atoms with Crippen molar-refractivity contribution < 1.29 is 14.0 Å². The number of rotatable bonds is 12. The Labute approximate surface area is 377 Å². The van der Waals surface area contributed by atoms with Crippen LogP contribution in [-0.4, -0.2) is 127 Å². The number of nitrogens with zero attached hydrogens (tertiary/aromatic N) is 11. The number of carbonyl (C=O) groups is 2. The van der Waals surface area contributed by atoms with E-state index in [1.54, 1.807) is 10.7 Å². The molecule has 4 aliphatic heterocycles. The maximum absolute atomic E-state index is 15.3. The summed E-state index contributed by atoms with van der Waals surface area (Å²) in [7, 11) is 0. The molecule has 4 aliphatic rings. The summed E-state index contributed by atoms with van der Waals surface area (Å²) in [6.45, 7) is 10.4. The van der Waals surface area contributed by atoms with E-state index in [0.29, 0.717) is 23.7 Å². The predicted molar refractivity (Wildman–Crippen MR) is 245 cm³/mol. The standard InChI is InChI=1S/C49H54FN13O2/c50-44-26-39(56-45-7-9-47(64)57-49(45)65)5-6-42(44)34-10-15-58(16-11-34)19-20-59-17-12-41(13-18-59)62-32-38(30-54-62)36-25-43(48-37(27-51)29-55-63(48)31-36)35-4-8-46(53-28-35)61-23-21-60(22-24-61)33-40-3-1-2-14-52-40/h1-6,8,14,25-26,28-32,34,41,45,56H,7,9-13,15-24,33H2,(H,57,64,65). The van der Waals surface area contributed by atoms with Crippen LogP contribution in [0.4, 0.5) is 15.9 Å². The highest BCUT2D eigenvalue weighted by atomic mass is 19.1. The highest BCUT2D eigenvalue weighted by Crippen LogP contribution is 2.35. The van der Waals surface area contributed by atoms with Gasteiger partial charge in [0.25, 0.3) is 0 Å². The molecule has 0 radical (unpaired) electrons. The van der Waals surface area contributed by atoms with E-state index >= 15 is 4.39 Å². The van der Waals surface area contributed by atoms with Crippen LogP contribution in [0.3, 0.4) is 0 Å². The smallest absolute Gasteiger partial charge is 0.249 e. The van der Waals surface area contributed by atoms with Crippen LogP contribution in [0, 0.1) is 17.1 Å². The number of piperazine rings is 1. The zero-order valence-corrected chi connectivity index (χ0v) is 36.5. The normalized spacial score (nSPS) is 19.7. The fourth-order valence-electron chi connectivity index (χ4n) is 9.99. The van der Waals surface area contributed by atoms with E-state index in [4.69, 9.17) is 10.1 Å². The number of likely N-dealkylation sites (tertiary alicyclic amines) is 2. The number of imide groups is 1. The molecule has 2 N–H and O–H groups in total. The van der Waals surface area contributed by atoms with Gasteiger partial charge in [0, 0.05) is 118 Å². The molecule has 0 aliphatic carbocycles. The number of hydrogen-bond acceptors (Lipinski definition) is 12. The van der Waals surface area contributed by atoms with Crippen LogP contribution in [0.1, 0.15) is 67.3 Å². The molecular formula is C49H54FN13O2. The summed E-state index contributed by atoms with van der Waals surface area (Å²) in [6, 6.07) is 19.7. The minimum atomic E-state index is -0.536. The summed E-state index contributed by atoms with van der Waals surface area (Å²) in [5, 5.41) is 24.9. The molecule has 0 saturated carbocycles. The maximum atomic E-state index is 15.3. The first-order chi connectivity index (χ1) is 31.8. The van der Waals surface area contributed by atoms with E-state index in [-0.39, 0.29) is 30.0 Å². The monoisotopic (exact) mass is 875 g/mol. The van der Waals surface area contributed by atoms with Gasteiger partial charge in [-0.3, -0.25) is 29.5 Å². The third kappa shape index (κ3) is 9.49. The SMILES string of the molecule is N#Cc1cnn2cc(-c3cnn(C4CCN(CCN5CCC(c6ccc(NC7CCC(=O)NC7=O)cc6F)CC5)CC4)c3)cc(-c3ccc(N4CCN(Cc5ccccn5)CC4)nc3)c12. The molecular weight excluding hydrogens is 822 g/mol. The van der Waals surface area contributed by atoms with Crippen LogP contribution in [0.25, 0.3) is 27.8 Å². The molecule has 10 rings (SSSR count). The van der Waals surface area contributed by atoms with E-state index in [9.17, 15) is 14.9 Å². The maximum Gasteiger partial charge on any atom is 0.249 e. The summed E-state index contributed by atoms with van der Waals surface area (Å²) in [6.07, 6.45) is 16.0. The van der Waals surface area contributed by atoms with Gasteiger partial charge in [-0.15, -0.1) is 0 Å². The molecule has 16 heteroatoms. The van der Waals surface area contributed by atoms with Crippen molar-refractivity contribution >= 4 is 28.8 Å². The van der Waals surface area contributed by atoms with Gasteiger partial charge < -0.3 is 20.0 Å². The molecule has 5 aromatic heterocycles. The number of pyridine rings is 3. The average Bonchev–Trinajstić information content (AvgIpc) is 4.01. The zero-order chi connectivity index (χ0) is 44.3. The van der Waals surface area contributed by atoms with Gasteiger partial charge in [0.15, 0.2) is 0 Å². The Kier molecular flexibility index (Phi) is 12.3. The van der Waals surface area contributed by atoms with Crippen molar-refractivity contribution in [3.8, 4) is 28.3 Å². The average molecular weight is 876 g/mol. The topological polar surface area (TPSA) is 156 Å². The minimum Gasteiger partial charge on any atom is -0.374 e. The lowest BCUT2D eigenvalue weighted by Crippen LogP contribution is -2.47. The van der Waals surface area contributed by atoms with Crippen LogP contribution in [-0.2, 0) is 16.1 Å². The molecule has 4 fully saturated rings. The van der Waals surface area contributed by atoms with Crippen molar-refractivity contribution in [2.24, 2.45) is 0 Å². The number of nitrogens with one attached hydrogen (secondary N) is 2. The van der Waals surface area contributed by atoms with Gasteiger partial charge in [-0.2, -0.15) is 15.5 Å². The first-order valence-electron chi connectivity index (χ1n) is 23.0. The second-order valence-electron chi connectivity index (χ2n) is 17.9. The van der Waals surface area contributed by atoms with Gasteiger partial charge in [0.1, 0.15) is 23.7 Å². The molecule has 0 bridgehead atoms. The zero-order valence-electron chi connectivity index (χ0n) is 36.5. The van der Waals surface area contributed by atoms with Crippen molar-refractivity contribution in [1.82, 2.24) is 49.4 Å². The molecule has 2 amide bonds. The van der Waals surface area contributed by atoms with Crippen molar-refractivity contribution in [3.05, 3.63) is 114 Å². The van der Waals surface area contributed by atoms with Crippen LogP contribution >= 0.6 is 0 Å². The van der Waals surface area contributed by atoms with Gasteiger partial charge in [0.2, 0.25) is 11.8 Å². The molecule has 15 nitrogen and oxygen atoms in total. The highest BCUT2D eigenvalue weighted by Gasteiger charge is 2.29. The summed E-state index contributed by atoms with van der Waals surface area (Å²) in [5.41, 5.74) is 7.47. The molecule has 0 spiro atoms. The van der Waals surface area contributed by atoms with Crippen molar-refractivity contribution in [2.75, 3.05) is 75.7 Å². The Hall–Kier alpha value is -6.54. The van der Waals surface area contributed by atoms with E-state index in [0.717, 1.165) is 143 Å². The fraction of sp³-hybridized carbons (Fsp3) is 0.408. The lowest BCUT2D eigenvalue weighted by atomic mass is 9.89. The number of hydrogen-bond donors (Lipinski definition) is 2. The second-order valence-corrected chi connectivity index (χ2v) is 17.9. The third-order valence-electron chi connectivity index (χ3n) is 13.8. The van der Waals surface area contributed by atoms with Crippen molar-refractivity contribution in [2.45, 2.75) is 63.1 Å². The number of anilines is 2. The summed E-state index contributed by atoms with van der Waals surface area (Å²) in [4.78, 5) is 42.8. The Balaban J connectivity index is 0.715. The minimum absolute atomic E-state index is 0.165. The largest absolute Gasteiger partial charge is 0.374 e. The van der Waals surface area contributed by atoms with Crippen molar-refractivity contribution in [3.63, 3.8) is 0 Å². The van der Waals surface area contributed by atoms with Crippen molar-refractivity contribution in [1.29, 1.82) is 5.26 Å². The van der Waals surface area contributed by atoms with Crippen LogP contribution < -0.4 is 15.5 Å². The molecule has 9 heterocycles. The molecule has 65 heavy (non-hydrogen) atoms. The molecule has 1 aromatic carbocycles. The van der Waals surface area contributed by atoms with Gasteiger partial charge in [-0.25, -0.2) is 13.9 Å². The molecule has 334 valence electrons. The first-order valence-corrected chi connectivity index (χ1v) is 23.0. The Morgan fingerprint density at radius 2 is 1.57 bits per heavy atom. The number of fused-ring (bicyclic) bond motifs is 1. The van der Waals surface area contributed by atoms with Gasteiger partial charge in [-0.1, -0.05) is 12.1 Å². The quantitative estimate of drug-likeness (QED) is 0.145. The summed E-state index contributed by atoms with van der Waals surface area (Å²) in [5.74, 6) is 0.232. The van der Waals surface area contributed by atoms with Gasteiger partial charge in [0.05, 0.1) is 35.2 Å². The number of halogens is 1. The van der Waals surface area contributed by atoms with Crippen LogP contribution in [0.15, 0.2) is 91.8 Å². The van der Waals surface area contributed by atoms with Gasteiger partial charge in [-0.05, 0) is 99.1 Å². The lowest BCUT2D eigenvalue weighted by molar-refractivity contribution is -0.133. The predicted octanol–water partition coefficient (Wildman–Crippen LogP) is 5.72. The third-order valence-corrected chi connectivity index (χ3v) is 13.8. The number of benzene rings is 1. The summed E-state index contributed by atoms with van der Waals surface area (Å²) >= 11 is 0. The van der Waals surface area contributed by atoms with E-state index in [1.807, 2.05) is 49.1 Å². The lowest BCUT2D eigenvalue weighted by Gasteiger charge is -2.36. The number of piperidine rings is 3. The Morgan fingerprint density at radius 3 is 2.28 bits per heavy atom. The first kappa shape index (κ1) is 42.4. The molecule has 1 atom stereocenters. The Bertz CT molecular complexity index is 2670. The molecule has 6 aromatic rings. The van der Waals surface area contributed by atoms with Crippen LogP contribution in [0.2, 0.25) is 0 Å². The fourth-order valence-corrected chi connectivity index (χ4v) is 9.99. The molecule has 1 unspecified atom stereocenters. The second kappa shape index (κ2) is 18.9. The highest BCUT2D eigenvalue weighted by molar-refractivity contribution is 6.01. The van der Waals surface area contributed by atoms with E-state index in [1.165, 1.54) is 6.07 Å². The van der Waals surface area contributed by atoms with Gasteiger partial charge >= 0.3 is 0 Å². The number of aromatic nitrogens is 6. The Morgan fingerprint density at radius 1 is 0.769 bits per heavy atom. The van der Waals surface area contributed by atoms with E-state index in [2.05, 4.69) is 81.5 Å². The van der Waals surface area contributed by atoms with E-state index < -0.39 is 6.04 Å². The number of amides is 2. The van der Waals surface area contributed by atoms with Crippen LogP contribution in [0.5, 0.6) is 0 Å². The molecule has 4 saturated heterocycles.